The van der Waals surface area contributed by atoms with E-state index < -0.39 is 0 Å². The first kappa shape index (κ1) is 19.6. The van der Waals surface area contributed by atoms with E-state index in [1.54, 1.807) is 23.5 Å². The fourth-order valence-corrected chi connectivity index (χ4v) is 4.49. The van der Waals surface area contributed by atoms with Crippen LogP contribution in [0.5, 0.6) is 5.75 Å². The lowest BCUT2D eigenvalue weighted by Gasteiger charge is -2.06. The molecular weight excluding hydrogens is 424 g/mol. The second kappa shape index (κ2) is 9.20. The molecule has 27 heavy (non-hydrogen) atoms. The van der Waals surface area contributed by atoms with E-state index in [2.05, 4.69) is 22.9 Å². The number of aryl methyl sites for hydroxylation is 2. The maximum absolute atomic E-state index is 12.4. The molecule has 0 N–H and O–H groups in total. The molecule has 0 unspecified atom stereocenters. The molecule has 3 rings (SSSR count). The van der Waals surface area contributed by atoms with Gasteiger partial charge in [0, 0.05) is 9.35 Å². The molecule has 0 radical (unpaired) electrons. The molecule has 0 spiro atoms. The van der Waals surface area contributed by atoms with Crippen LogP contribution in [0.1, 0.15) is 45.0 Å². The summed E-state index contributed by atoms with van der Waals surface area (Å²) in [7, 11) is 0. The largest absolute Gasteiger partial charge is 0.485 e. The first-order valence-corrected chi connectivity index (χ1v) is 10.5. The van der Waals surface area contributed by atoms with Gasteiger partial charge in [0.2, 0.25) is 0 Å². The van der Waals surface area contributed by atoms with Gasteiger partial charge in [-0.3, -0.25) is 4.79 Å². The van der Waals surface area contributed by atoms with Crippen molar-refractivity contribution in [1.82, 2.24) is 0 Å². The first-order chi connectivity index (χ1) is 13.1. The van der Waals surface area contributed by atoms with Crippen LogP contribution in [-0.2, 0) is 13.0 Å². The maximum Gasteiger partial charge on any atom is 0.195 e. The lowest BCUT2D eigenvalue weighted by atomic mass is 10.2. The third kappa shape index (κ3) is 5.21. The van der Waals surface area contributed by atoms with Crippen molar-refractivity contribution in [2.45, 2.75) is 33.3 Å². The second-order valence-corrected chi connectivity index (χ2v) is 8.18. The molecule has 0 aliphatic carbocycles. The number of ketones is 1. The molecule has 0 saturated carbocycles. The highest BCUT2D eigenvalue weighted by Crippen LogP contribution is 2.29. The number of benzene rings is 1. The Balaban J connectivity index is 1.60. The quantitative estimate of drug-likeness (QED) is 0.282. The number of furan rings is 1. The van der Waals surface area contributed by atoms with Crippen LogP contribution >= 0.6 is 27.3 Å². The summed E-state index contributed by atoms with van der Waals surface area (Å²) in [4.78, 5) is 14.3. The molecule has 3 aromatic rings. The van der Waals surface area contributed by atoms with E-state index in [4.69, 9.17) is 9.15 Å². The fourth-order valence-electron chi connectivity index (χ4n) is 2.59. The Kier molecular flexibility index (Phi) is 6.69. The molecule has 2 aromatic heterocycles. The van der Waals surface area contributed by atoms with E-state index in [-0.39, 0.29) is 5.78 Å². The van der Waals surface area contributed by atoms with Crippen LogP contribution in [0.4, 0.5) is 0 Å². The van der Waals surface area contributed by atoms with E-state index in [0.717, 1.165) is 39.3 Å². The van der Waals surface area contributed by atoms with E-state index in [1.165, 1.54) is 4.88 Å². The Bertz CT molecular complexity index is 952. The summed E-state index contributed by atoms with van der Waals surface area (Å²) >= 11 is 5.07. The minimum Gasteiger partial charge on any atom is -0.485 e. The zero-order valence-corrected chi connectivity index (χ0v) is 17.7. The molecule has 3 nitrogen and oxygen atoms in total. The maximum atomic E-state index is 12.4. The number of carbonyl (C=O) groups excluding carboxylic acids is 1. The van der Waals surface area contributed by atoms with Crippen LogP contribution in [-0.4, -0.2) is 5.78 Å². The summed E-state index contributed by atoms with van der Waals surface area (Å²) in [5.74, 6) is 2.18. The smallest absolute Gasteiger partial charge is 0.195 e. The van der Waals surface area contributed by atoms with Gasteiger partial charge >= 0.3 is 0 Å². The normalized spacial score (nSPS) is 11.2. The molecule has 0 aliphatic heterocycles. The minimum atomic E-state index is -0.0165. The third-order valence-corrected chi connectivity index (χ3v) is 6.20. The van der Waals surface area contributed by atoms with Gasteiger partial charge in [-0.15, -0.1) is 11.3 Å². The number of rotatable bonds is 8. The highest BCUT2D eigenvalue weighted by molar-refractivity contribution is 9.10. The molecule has 0 bridgehead atoms. The van der Waals surface area contributed by atoms with Crippen LogP contribution < -0.4 is 4.74 Å². The molecule has 5 heteroatoms. The van der Waals surface area contributed by atoms with Crippen LogP contribution in [0, 0.1) is 6.92 Å². The Labute approximate surface area is 171 Å². The average Bonchev–Trinajstić information content (AvgIpc) is 3.26. The number of thiophene rings is 1. The van der Waals surface area contributed by atoms with Gasteiger partial charge in [0.1, 0.15) is 23.9 Å². The SMILES string of the molecule is CCCc1sc(C(=O)/C=C/c2ccc(COc3ccccc3C)o2)cc1Br. The summed E-state index contributed by atoms with van der Waals surface area (Å²) in [5, 5.41) is 0. The van der Waals surface area contributed by atoms with Gasteiger partial charge in [-0.25, -0.2) is 0 Å². The van der Waals surface area contributed by atoms with E-state index in [9.17, 15) is 4.79 Å². The number of halogens is 1. The number of hydrogen-bond donors (Lipinski definition) is 0. The zero-order valence-electron chi connectivity index (χ0n) is 15.3. The number of ether oxygens (including phenoxy) is 1. The average molecular weight is 445 g/mol. The molecule has 140 valence electrons. The Morgan fingerprint density at radius 1 is 1.26 bits per heavy atom. The van der Waals surface area contributed by atoms with E-state index >= 15 is 0 Å². The lowest BCUT2D eigenvalue weighted by Crippen LogP contribution is -1.95. The molecule has 0 aliphatic rings. The van der Waals surface area contributed by atoms with Crippen molar-refractivity contribution in [2.75, 3.05) is 0 Å². The Morgan fingerprint density at radius 2 is 2.07 bits per heavy atom. The molecular formula is C22H21BrO3S. The van der Waals surface area contributed by atoms with Crippen molar-refractivity contribution in [2.24, 2.45) is 0 Å². The fraction of sp³-hybridized carbons (Fsp3) is 0.227. The number of para-hydroxylation sites is 1. The summed E-state index contributed by atoms with van der Waals surface area (Å²) in [6, 6.07) is 13.5. The molecule has 0 fully saturated rings. The molecule has 0 atom stereocenters. The van der Waals surface area contributed by atoms with Crippen LogP contribution in [0.3, 0.4) is 0 Å². The summed E-state index contributed by atoms with van der Waals surface area (Å²) in [6.07, 6.45) is 5.29. The van der Waals surface area contributed by atoms with E-state index in [0.29, 0.717) is 12.4 Å². The first-order valence-electron chi connectivity index (χ1n) is 8.84. The van der Waals surface area contributed by atoms with Gasteiger partial charge in [-0.2, -0.15) is 0 Å². The van der Waals surface area contributed by atoms with Gasteiger partial charge in [0.25, 0.3) is 0 Å². The zero-order chi connectivity index (χ0) is 19.2. The summed E-state index contributed by atoms with van der Waals surface area (Å²) in [5.41, 5.74) is 1.08. The van der Waals surface area contributed by atoms with Crippen molar-refractivity contribution >= 4 is 39.1 Å². The van der Waals surface area contributed by atoms with Crippen LogP contribution in [0.25, 0.3) is 6.08 Å². The van der Waals surface area contributed by atoms with Crippen molar-refractivity contribution < 1.29 is 13.9 Å². The highest BCUT2D eigenvalue weighted by Gasteiger charge is 2.11. The lowest BCUT2D eigenvalue weighted by molar-refractivity contribution is 0.105. The molecule has 0 amide bonds. The number of allylic oxidation sites excluding steroid dienone is 1. The van der Waals surface area contributed by atoms with E-state index in [1.807, 2.05) is 49.4 Å². The van der Waals surface area contributed by atoms with Crippen molar-refractivity contribution in [3.63, 3.8) is 0 Å². The predicted molar refractivity (Wildman–Crippen MR) is 114 cm³/mol. The molecule has 0 saturated heterocycles. The Hall–Kier alpha value is -2.11. The van der Waals surface area contributed by atoms with Gasteiger partial charge in [0.05, 0.1) is 4.88 Å². The predicted octanol–water partition coefficient (Wildman–Crippen LogP) is 6.84. The van der Waals surface area contributed by atoms with Crippen molar-refractivity contribution in [3.05, 3.63) is 79.9 Å². The summed E-state index contributed by atoms with van der Waals surface area (Å²) < 4.78 is 12.5. The second-order valence-electron chi connectivity index (χ2n) is 6.19. The van der Waals surface area contributed by atoms with Gasteiger partial charge in [-0.05, 0) is 71.3 Å². The van der Waals surface area contributed by atoms with Gasteiger partial charge in [-0.1, -0.05) is 31.5 Å². The van der Waals surface area contributed by atoms with Gasteiger partial charge in [0.15, 0.2) is 5.78 Å². The van der Waals surface area contributed by atoms with Crippen LogP contribution in [0.2, 0.25) is 0 Å². The molecule has 2 heterocycles. The summed E-state index contributed by atoms with van der Waals surface area (Å²) in [6.45, 7) is 4.49. The van der Waals surface area contributed by atoms with Crippen molar-refractivity contribution in [1.29, 1.82) is 0 Å². The third-order valence-electron chi connectivity index (χ3n) is 4.02. The highest BCUT2D eigenvalue weighted by atomic mass is 79.9. The van der Waals surface area contributed by atoms with Crippen LogP contribution in [0.15, 0.2) is 57.4 Å². The Morgan fingerprint density at radius 3 is 2.85 bits per heavy atom. The minimum absolute atomic E-state index is 0.0165. The number of hydrogen-bond acceptors (Lipinski definition) is 4. The number of carbonyl (C=O) groups is 1. The monoisotopic (exact) mass is 444 g/mol. The van der Waals surface area contributed by atoms with Gasteiger partial charge < -0.3 is 9.15 Å². The standard InChI is InChI=1S/C22H21BrO3S/c1-3-6-21-18(23)13-22(27-21)19(24)12-11-16-9-10-17(26-16)14-25-20-8-5-4-7-15(20)2/h4-5,7-13H,3,6,14H2,1-2H3/b12-11+. The molecule has 1 aromatic carbocycles. The topological polar surface area (TPSA) is 39.4 Å². The van der Waals surface area contributed by atoms with Crippen molar-refractivity contribution in [3.8, 4) is 5.75 Å².